The molecule has 3 rings (SSSR count). The average molecular weight is 470 g/mol. The minimum Gasteiger partial charge on any atom is -0.484 e. The number of rotatable bonds is 6. The lowest BCUT2D eigenvalue weighted by Gasteiger charge is -2.21. The maximum absolute atomic E-state index is 13.8. The summed E-state index contributed by atoms with van der Waals surface area (Å²) in [7, 11) is 1.65. The SMILES string of the molecule is CN(Cc1cc(Br)ccc1F)C(=O)COc1ccc(C2SCCCS2)cc1. The largest absolute Gasteiger partial charge is 0.484 e. The number of carbonyl (C=O) groups is 1. The summed E-state index contributed by atoms with van der Waals surface area (Å²) in [6, 6.07) is 12.7. The van der Waals surface area contributed by atoms with Crippen LogP contribution in [-0.2, 0) is 11.3 Å². The van der Waals surface area contributed by atoms with Crippen LogP contribution in [0.3, 0.4) is 0 Å². The van der Waals surface area contributed by atoms with Crippen LogP contribution in [0.1, 0.15) is 22.1 Å². The summed E-state index contributed by atoms with van der Waals surface area (Å²) in [6.07, 6.45) is 1.27. The van der Waals surface area contributed by atoms with Crippen LogP contribution in [0, 0.1) is 5.82 Å². The molecule has 0 aromatic heterocycles. The van der Waals surface area contributed by atoms with Crippen molar-refractivity contribution < 1.29 is 13.9 Å². The lowest BCUT2D eigenvalue weighted by molar-refractivity contribution is -0.132. The van der Waals surface area contributed by atoms with Crippen molar-refractivity contribution in [3.63, 3.8) is 0 Å². The van der Waals surface area contributed by atoms with Crippen molar-refractivity contribution in [1.82, 2.24) is 4.90 Å². The van der Waals surface area contributed by atoms with Crippen LogP contribution in [0.15, 0.2) is 46.9 Å². The van der Waals surface area contributed by atoms with E-state index < -0.39 is 0 Å². The third kappa shape index (κ3) is 5.90. The van der Waals surface area contributed by atoms with Crippen molar-refractivity contribution in [2.75, 3.05) is 25.2 Å². The number of hydrogen-bond donors (Lipinski definition) is 0. The van der Waals surface area contributed by atoms with E-state index in [0.717, 1.165) is 4.47 Å². The molecule has 7 heteroatoms. The van der Waals surface area contributed by atoms with Gasteiger partial charge in [0.2, 0.25) is 0 Å². The van der Waals surface area contributed by atoms with E-state index in [4.69, 9.17) is 4.74 Å². The molecule has 0 atom stereocenters. The molecule has 1 aliphatic heterocycles. The third-order valence-corrected chi connectivity index (χ3v) is 7.69. The van der Waals surface area contributed by atoms with Gasteiger partial charge >= 0.3 is 0 Å². The van der Waals surface area contributed by atoms with Gasteiger partial charge in [0.25, 0.3) is 5.91 Å². The highest BCUT2D eigenvalue weighted by atomic mass is 79.9. The molecule has 2 aromatic carbocycles. The summed E-state index contributed by atoms with van der Waals surface area (Å²) in [6.45, 7) is 0.126. The van der Waals surface area contributed by atoms with Gasteiger partial charge in [-0.05, 0) is 53.8 Å². The molecule has 1 amide bonds. The van der Waals surface area contributed by atoms with Crippen LogP contribution < -0.4 is 4.74 Å². The maximum Gasteiger partial charge on any atom is 0.260 e. The van der Waals surface area contributed by atoms with E-state index in [1.807, 2.05) is 35.7 Å². The number of ether oxygens (including phenoxy) is 1. The van der Waals surface area contributed by atoms with Gasteiger partial charge in [0.1, 0.15) is 11.6 Å². The zero-order chi connectivity index (χ0) is 19.2. The Labute approximate surface area is 176 Å². The second-order valence-corrected chi connectivity index (χ2v) is 9.91. The Balaban J connectivity index is 1.51. The van der Waals surface area contributed by atoms with E-state index in [-0.39, 0.29) is 24.9 Å². The zero-order valence-electron chi connectivity index (χ0n) is 15.0. The van der Waals surface area contributed by atoms with E-state index in [2.05, 4.69) is 28.1 Å². The molecule has 1 aliphatic rings. The molecule has 0 saturated carbocycles. The van der Waals surface area contributed by atoms with Crippen molar-refractivity contribution in [3.05, 3.63) is 63.9 Å². The predicted octanol–water partition coefficient (Wildman–Crippen LogP) is 5.49. The van der Waals surface area contributed by atoms with Crippen LogP contribution in [0.2, 0.25) is 0 Å². The van der Waals surface area contributed by atoms with E-state index >= 15 is 0 Å². The minimum absolute atomic E-state index is 0.0710. The van der Waals surface area contributed by atoms with Gasteiger partial charge in [-0.2, -0.15) is 0 Å². The fraction of sp³-hybridized carbons (Fsp3) is 0.350. The van der Waals surface area contributed by atoms with Crippen molar-refractivity contribution in [2.24, 2.45) is 0 Å². The Morgan fingerprint density at radius 1 is 1.22 bits per heavy atom. The fourth-order valence-corrected chi connectivity index (χ4v) is 5.97. The summed E-state index contributed by atoms with van der Waals surface area (Å²) in [4.78, 5) is 13.8. The molecular weight excluding hydrogens is 449 g/mol. The molecule has 1 fully saturated rings. The zero-order valence-corrected chi connectivity index (χ0v) is 18.2. The van der Waals surface area contributed by atoms with Crippen LogP contribution in [0.4, 0.5) is 4.39 Å². The fourth-order valence-electron chi connectivity index (χ4n) is 2.66. The third-order valence-electron chi connectivity index (χ3n) is 4.18. The van der Waals surface area contributed by atoms with Gasteiger partial charge in [-0.1, -0.05) is 28.1 Å². The van der Waals surface area contributed by atoms with Crippen molar-refractivity contribution in [3.8, 4) is 5.75 Å². The second kappa shape index (κ2) is 9.85. The van der Waals surface area contributed by atoms with Gasteiger partial charge in [0, 0.05) is 23.6 Å². The van der Waals surface area contributed by atoms with E-state index in [0.29, 0.717) is 15.9 Å². The highest BCUT2D eigenvalue weighted by Crippen LogP contribution is 2.43. The van der Waals surface area contributed by atoms with Gasteiger partial charge in [0.15, 0.2) is 6.61 Å². The molecule has 1 heterocycles. The van der Waals surface area contributed by atoms with Crippen LogP contribution >= 0.6 is 39.5 Å². The Morgan fingerprint density at radius 2 is 1.93 bits per heavy atom. The number of nitrogens with zero attached hydrogens (tertiary/aromatic N) is 1. The number of thioether (sulfide) groups is 2. The smallest absolute Gasteiger partial charge is 0.260 e. The Hall–Kier alpha value is -1.18. The molecule has 2 aromatic rings. The van der Waals surface area contributed by atoms with Crippen LogP contribution in [-0.4, -0.2) is 36.0 Å². The second-order valence-electron chi connectivity index (χ2n) is 6.27. The predicted molar refractivity (Wildman–Crippen MR) is 115 cm³/mol. The summed E-state index contributed by atoms with van der Waals surface area (Å²) in [5.74, 6) is 2.55. The Kier molecular flexibility index (Phi) is 7.49. The van der Waals surface area contributed by atoms with E-state index in [1.54, 1.807) is 19.2 Å². The quantitative estimate of drug-likeness (QED) is 0.558. The van der Waals surface area contributed by atoms with E-state index in [1.165, 1.54) is 34.5 Å². The van der Waals surface area contributed by atoms with Gasteiger partial charge in [-0.25, -0.2) is 4.39 Å². The number of halogens is 2. The number of carbonyl (C=O) groups excluding carboxylic acids is 1. The normalized spacial score (nSPS) is 14.8. The standard InChI is InChI=1S/C20H21BrFNO2S2/c1-23(12-15-11-16(21)5-8-18(15)22)19(24)13-25-17-6-3-14(4-7-17)20-26-9-2-10-27-20/h3-8,11,20H,2,9-10,12-13H2,1H3. The molecule has 27 heavy (non-hydrogen) atoms. The van der Waals surface area contributed by atoms with Crippen molar-refractivity contribution in [1.29, 1.82) is 0 Å². The Morgan fingerprint density at radius 3 is 2.63 bits per heavy atom. The highest BCUT2D eigenvalue weighted by molar-refractivity contribution is 9.10. The average Bonchev–Trinajstić information content (AvgIpc) is 2.70. The van der Waals surface area contributed by atoms with Crippen molar-refractivity contribution >= 4 is 45.4 Å². The molecule has 0 unspecified atom stereocenters. The maximum atomic E-state index is 13.8. The molecule has 0 aliphatic carbocycles. The van der Waals surface area contributed by atoms with Crippen molar-refractivity contribution in [2.45, 2.75) is 17.5 Å². The molecule has 0 spiro atoms. The lowest BCUT2D eigenvalue weighted by atomic mass is 10.2. The lowest BCUT2D eigenvalue weighted by Crippen LogP contribution is -2.31. The molecule has 1 saturated heterocycles. The summed E-state index contributed by atoms with van der Waals surface area (Å²) in [5, 5.41) is 0. The van der Waals surface area contributed by atoms with Crippen LogP contribution in [0.25, 0.3) is 0 Å². The number of benzene rings is 2. The molecule has 144 valence electrons. The highest BCUT2D eigenvalue weighted by Gasteiger charge is 2.17. The number of amides is 1. The summed E-state index contributed by atoms with van der Waals surface area (Å²) < 4.78 is 20.7. The molecular formula is C20H21BrFNO2S2. The monoisotopic (exact) mass is 469 g/mol. The molecule has 0 radical (unpaired) electrons. The number of likely N-dealkylation sites (N-methyl/N-ethyl adjacent to an activating group) is 1. The minimum atomic E-state index is -0.326. The van der Waals surface area contributed by atoms with Gasteiger partial charge < -0.3 is 9.64 Å². The first-order valence-corrected chi connectivity index (χ1v) is 11.6. The first-order valence-electron chi connectivity index (χ1n) is 8.67. The Bertz CT molecular complexity index is 782. The summed E-state index contributed by atoms with van der Waals surface area (Å²) in [5.41, 5.74) is 1.75. The van der Waals surface area contributed by atoms with E-state index in [9.17, 15) is 9.18 Å². The first-order chi connectivity index (χ1) is 13.0. The van der Waals surface area contributed by atoms with Gasteiger partial charge in [-0.15, -0.1) is 23.5 Å². The first kappa shape index (κ1) is 20.6. The van der Waals surface area contributed by atoms with Crippen LogP contribution in [0.5, 0.6) is 5.75 Å². The molecule has 3 nitrogen and oxygen atoms in total. The van der Waals surface area contributed by atoms with Gasteiger partial charge in [0.05, 0.1) is 4.58 Å². The van der Waals surface area contributed by atoms with Gasteiger partial charge in [-0.3, -0.25) is 4.79 Å². The topological polar surface area (TPSA) is 29.5 Å². The number of hydrogen-bond acceptors (Lipinski definition) is 4. The molecule has 0 N–H and O–H groups in total. The molecule has 0 bridgehead atoms. The summed E-state index contributed by atoms with van der Waals surface area (Å²) >= 11 is 7.27.